The molecule has 1 aliphatic rings. The van der Waals surface area contributed by atoms with Gasteiger partial charge in [0, 0.05) is 6.54 Å². The minimum absolute atomic E-state index is 0.629. The number of nitrogens with one attached hydrogen (secondary N) is 1. The zero-order chi connectivity index (χ0) is 12.6. The van der Waals surface area contributed by atoms with Gasteiger partial charge in [-0.05, 0) is 49.9 Å². The van der Waals surface area contributed by atoms with E-state index >= 15 is 0 Å². The van der Waals surface area contributed by atoms with Crippen LogP contribution in [0.5, 0.6) is 5.75 Å². The summed E-state index contributed by atoms with van der Waals surface area (Å²) in [6, 6.07) is 8.11. The highest BCUT2D eigenvalue weighted by atomic mass is 16.5. The van der Waals surface area contributed by atoms with Crippen LogP contribution in [-0.4, -0.2) is 32.9 Å². The summed E-state index contributed by atoms with van der Waals surface area (Å²) in [6.45, 7) is 6.48. The molecule has 0 radical (unpaired) electrons. The van der Waals surface area contributed by atoms with E-state index in [1.165, 1.54) is 18.4 Å². The van der Waals surface area contributed by atoms with Crippen LogP contribution >= 0.6 is 0 Å². The van der Waals surface area contributed by atoms with Crippen LogP contribution in [0.1, 0.15) is 18.4 Å². The van der Waals surface area contributed by atoms with Crippen molar-refractivity contribution in [2.75, 3.05) is 32.9 Å². The predicted molar refractivity (Wildman–Crippen MR) is 73.1 cm³/mol. The molecule has 1 heterocycles. The minimum Gasteiger partial charge on any atom is -0.491 e. The Kier molecular flexibility index (Phi) is 5.49. The molecule has 100 valence electrons. The van der Waals surface area contributed by atoms with E-state index in [0.717, 1.165) is 25.4 Å². The van der Waals surface area contributed by atoms with Crippen molar-refractivity contribution in [2.24, 2.45) is 5.92 Å². The van der Waals surface area contributed by atoms with Crippen molar-refractivity contribution in [3.05, 3.63) is 29.8 Å². The Hall–Kier alpha value is -1.06. The summed E-state index contributed by atoms with van der Waals surface area (Å²) in [5, 5.41) is 3.40. The van der Waals surface area contributed by atoms with Gasteiger partial charge in [-0.1, -0.05) is 12.1 Å². The summed E-state index contributed by atoms with van der Waals surface area (Å²) in [6.07, 6.45) is 2.56. The second-order valence-electron chi connectivity index (χ2n) is 4.95. The first-order valence-electron chi connectivity index (χ1n) is 6.82. The Morgan fingerprint density at radius 3 is 3.06 bits per heavy atom. The van der Waals surface area contributed by atoms with Gasteiger partial charge in [0.15, 0.2) is 0 Å². The lowest BCUT2D eigenvalue weighted by Crippen LogP contribution is -2.32. The van der Waals surface area contributed by atoms with E-state index in [1.54, 1.807) is 0 Å². The summed E-state index contributed by atoms with van der Waals surface area (Å²) >= 11 is 0. The van der Waals surface area contributed by atoms with Crippen molar-refractivity contribution in [1.82, 2.24) is 5.32 Å². The van der Waals surface area contributed by atoms with Gasteiger partial charge in [-0.2, -0.15) is 0 Å². The molecular formula is C15H23NO2. The summed E-state index contributed by atoms with van der Waals surface area (Å²) < 4.78 is 11.3. The van der Waals surface area contributed by atoms with Gasteiger partial charge in [0.2, 0.25) is 0 Å². The molecule has 1 saturated heterocycles. The van der Waals surface area contributed by atoms with Crippen LogP contribution in [0.2, 0.25) is 0 Å². The van der Waals surface area contributed by atoms with Crippen LogP contribution in [-0.2, 0) is 4.74 Å². The van der Waals surface area contributed by atoms with Gasteiger partial charge in [0.05, 0.1) is 13.2 Å². The molecule has 0 spiro atoms. The van der Waals surface area contributed by atoms with Crippen LogP contribution in [0.4, 0.5) is 0 Å². The van der Waals surface area contributed by atoms with E-state index in [9.17, 15) is 0 Å². The normalized spacial score (nSPS) is 19.7. The lowest BCUT2D eigenvalue weighted by atomic mass is 10.0. The van der Waals surface area contributed by atoms with Crippen LogP contribution in [0.25, 0.3) is 0 Å². The summed E-state index contributed by atoms with van der Waals surface area (Å²) in [5.41, 5.74) is 1.22. The number of ether oxygens (including phenoxy) is 2. The predicted octanol–water partition coefficient (Wildman–Crippen LogP) is 2.39. The SMILES string of the molecule is Cc1cccc(OCCOCC2CCCNC2)c1. The fourth-order valence-corrected chi connectivity index (χ4v) is 2.24. The molecule has 2 rings (SSSR count). The maximum absolute atomic E-state index is 5.66. The summed E-state index contributed by atoms with van der Waals surface area (Å²) in [4.78, 5) is 0. The number of hydrogen-bond acceptors (Lipinski definition) is 3. The van der Waals surface area contributed by atoms with E-state index in [0.29, 0.717) is 19.1 Å². The maximum Gasteiger partial charge on any atom is 0.119 e. The monoisotopic (exact) mass is 249 g/mol. The Balaban J connectivity index is 1.55. The van der Waals surface area contributed by atoms with Crippen molar-refractivity contribution >= 4 is 0 Å². The Morgan fingerprint density at radius 1 is 1.33 bits per heavy atom. The molecule has 0 bridgehead atoms. The minimum atomic E-state index is 0.629. The van der Waals surface area contributed by atoms with Gasteiger partial charge in [0.1, 0.15) is 12.4 Å². The molecule has 1 atom stereocenters. The van der Waals surface area contributed by atoms with E-state index in [2.05, 4.69) is 18.3 Å². The number of aryl methyl sites for hydroxylation is 1. The summed E-state index contributed by atoms with van der Waals surface area (Å²) in [7, 11) is 0. The van der Waals surface area contributed by atoms with E-state index in [-0.39, 0.29) is 0 Å². The Labute approximate surface area is 109 Å². The molecular weight excluding hydrogens is 226 g/mol. The molecule has 1 aliphatic heterocycles. The van der Waals surface area contributed by atoms with Crippen molar-refractivity contribution in [1.29, 1.82) is 0 Å². The molecule has 1 fully saturated rings. The molecule has 1 aromatic rings. The van der Waals surface area contributed by atoms with Gasteiger partial charge in [0.25, 0.3) is 0 Å². The fraction of sp³-hybridized carbons (Fsp3) is 0.600. The third kappa shape index (κ3) is 4.67. The average molecular weight is 249 g/mol. The molecule has 3 heteroatoms. The molecule has 0 aromatic heterocycles. The third-order valence-corrected chi connectivity index (χ3v) is 3.24. The van der Waals surface area contributed by atoms with Gasteiger partial charge in [-0.25, -0.2) is 0 Å². The first-order chi connectivity index (χ1) is 8.84. The number of hydrogen-bond donors (Lipinski definition) is 1. The summed E-state index contributed by atoms with van der Waals surface area (Å²) in [5.74, 6) is 1.61. The third-order valence-electron chi connectivity index (χ3n) is 3.24. The smallest absolute Gasteiger partial charge is 0.119 e. The molecule has 1 aromatic carbocycles. The van der Waals surface area contributed by atoms with Gasteiger partial charge in [-0.15, -0.1) is 0 Å². The maximum atomic E-state index is 5.66. The Morgan fingerprint density at radius 2 is 2.28 bits per heavy atom. The van der Waals surface area contributed by atoms with E-state index < -0.39 is 0 Å². The van der Waals surface area contributed by atoms with Crippen molar-refractivity contribution in [3.8, 4) is 5.75 Å². The van der Waals surface area contributed by atoms with Crippen LogP contribution in [0, 0.1) is 12.8 Å². The Bertz CT molecular complexity index is 348. The van der Waals surface area contributed by atoms with E-state index in [1.807, 2.05) is 18.2 Å². The number of piperidine rings is 1. The highest BCUT2D eigenvalue weighted by Crippen LogP contribution is 2.12. The van der Waals surface area contributed by atoms with Gasteiger partial charge < -0.3 is 14.8 Å². The van der Waals surface area contributed by atoms with Crippen LogP contribution in [0.15, 0.2) is 24.3 Å². The van der Waals surface area contributed by atoms with Crippen LogP contribution in [0.3, 0.4) is 0 Å². The topological polar surface area (TPSA) is 30.5 Å². The molecule has 3 nitrogen and oxygen atoms in total. The second kappa shape index (κ2) is 7.39. The van der Waals surface area contributed by atoms with Crippen molar-refractivity contribution in [3.63, 3.8) is 0 Å². The first kappa shape index (κ1) is 13.4. The molecule has 18 heavy (non-hydrogen) atoms. The molecule has 0 aliphatic carbocycles. The fourth-order valence-electron chi connectivity index (χ4n) is 2.24. The van der Waals surface area contributed by atoms with Crippen LogP contribution < -0.4 is 10.1 Å². The standard InChI is InChI=1S/C15H23NO2/c1-13-4-2-6-15(10-13)18-9-8-17-12-14-5-3-7-16-11-14/h2,4,6,10,14,16H,3,5,7-9,11-12H2,1H3. The molecule has 0 saturated carbocycles. The lowest BCUT2D eigenvalue weighted by Gasteiger charge is -2.22. The number of rotatable bonds is 6. The second-order valence-corrected chi connectivity index (χ2v) is 4.95. The van der Waals surface area contributed by atoms with E-state index in [4.69, 9.17) is 9.47 Å². The zero-order valence-corrected chi connectivity index (χ0v) is 11.2. The van der Waals surface area contributed by atoms with Crippen molar-refractivity contribution in [2.45, 2.75) is 19.8 Å². The van der Waals surface area contributed by atoms with Crippen molar-refractivity contribution < 1.29 is 9.47 Å². The highest BCUT2D eigenvalue weighted by molar-refractivity contribution is 5.27. The quantitative estimate of drug-likeness (QED) is 0.785. The molecule has 1 unspecified atom stereocenters. The molecule has 0 amide bonds. The highest BCUT2D eigenvalue weighted by Gasteiger charge is 2.12. The number of benzene rings is 1. The largest absolute Gasteiger partial charge is 0.491 e. The first-order valence-corrected chi connectivity index (χ1v) is 6.82. The lowest BCUT2D eigenvalue weighted by molar-refractivity contribution is 0.0671. The zero-order valence-electron chi connectivity index (χ0n) is 11.2. The van der Waals surface area contributed by atoms with Gasteiger partial charge in [-0.3, -0.25) is 0 Å². The van der Waals surface area contributed by atoms with Gasteiger partial charge >= 0.3 is 0 Å². The average Bonchev–Trinajstić information content (AvgIpc) is 2.40. The molecule has 1 N–H and O–H groups in total.